The first-order chi connectivity index (χ1) is 6.59. The SMILES string of the molecule is CN1CCC(CCNC(=O)C(N)=O)C1. The van der Waals surface area contributed by atoms with Crippen molar-refractivity contribution in [2.24, 2.45) is 11.7 Å². The minimum absolute atomic E-state index is 0.542. The molecule has 0 aromatic carbocycles. The van der Waals surface area contributed by atoms with Crippen molar-refractivity contribution in [3.8, 4) is 0 Å². The molecule has 1 atom stereocenters. The van der Waals surface area contributed by atoms with Gasteiger partial charge in [0.1, 0.15) is 0 Å². The zero-order valence-electron chi connectivity index (χ0n) is 8.45. The summed E-state index contributed by atoms with van der Waals surface area (Å²) >= 11 is 0. The van der Waals surface area contributed by atoms with Gasteiger partial charge in [-0.3, -0.25) is 9.59 Å². The Bertz CT molecular complexity index is 230. The van der Waals surface area contributed by atoms with Crippen LogP contribution < -0.4 is 11.1 Å². The minimum Gasteiger partial charge on any atom is -0.361 e. The first kappa shape index (κ1) is 11.0. The summed E-state index contributed by atoms with van der Waals surface area (Å²) in [5.74, 6) is -0.960. The molecule has 1 aliphatic heterocycles. The van der Waals surface area contributed by atoms with E-state index < -0.39 is 11.8 Å². The second-order valence-corrected chi connectivity index (χ2v) is 3.83. The van der Waals surface area contributed by atoms with E-state index >= 15 is 0 Å². The Morgan fingerprint density at radius 2 is 2.29 bits per heavy atom. The minimum atomic E-state index is -0.909. The molecule has 0 radical (unpaired) electrons. The van der Waals surface area contributed by atoms with Crippen molar-refractivity contribution in [1.82, 2.24) is 10.2 Å². The fourth-order valence-electron chi connectivity index (χ4n) is 1.74. The standard InChI is InChI=1S/C9H17N3O2/c1-12-5-3-7(6-12)2-4-11-9(14)8(10)13/h7H,2-6H2,1H3,(H2,10,13)(H,11,14). The van der Waals surface area contributed by atoms with Gasteiger partial charge < -0.3 is 16.0 Å². The molecule has 0 aromatic heterocycles. The molecule has 1 aliphatic rings. The highest BCUT2D eigenvalue weighted by atomic mass is 16.2. The van der Waals surface area contributed by atoms with Crippen LogP contribution in [0, 0.1) is 5.92 Å². The summed E-state index contributed by atoms with van der Waals surface area (Å²) in [5, 5.41) is 2.49. The number of nitrogens with two attached hydrogens (primary N) is 1. The number of carbonyl (C=O) groups is 2. The van der Waals surface area contributed by atoms with Gasteiger partial charge >= 0.3 is 11.8 Å². The Balaban J connectivity index is 2.10. The van der Waals surface area contributed by atoms with Crippen molar-refractivity contribution < 1.29 is 9.59 Å². The Labute approximate surface area is 83.6 Å². The Morgan fingerprint density at radius 1 is 1.57 bits per heavy atom. The highest BCUT2D eigenvalue weighted by Crippen LogP contribution is 2.16. The van der Waals surface area contributed by atoms with E-state index in [1.165, 1.54) is 6.42 Å². The third-order valence-corrected chi connectivity index (χ3v) is 2.55. The molecule has 1 unspecified atom stereocenters. The average molecular weight is 199 g/mol. The van der Waals surface area contributed by atoms with Gasteiger partial charge in [-0.05, 0) is 32.4 Å². The van der Waals surface area contributed by atoms with Gasteiger partial charge in [-0.25, -0.2) is 0 Å². The summed E-state index contributed by atoms with van der Waals surface area (Å²) in [6.07, 6.45) is 2.09. The Hall–Kier alpha value is -1.10. The normalized spacial score (nSPS) is 22.2. The molecule has 14 heavy (non-hydrogen) atoms. The van der Waals surface area contributed by atoms with Gasteiger partial charge in [0, 0.05) is 13.1 Å². The maximum Gasteiger partial charge on any atom is 0.309 e. The molecule has 1 rings (SSSR count). The third kappa shape index (κ3) is 3.33. The number of likely N-dealkylation sites (tertiary alicyclic amines) is 1. The first-order valence-electron chi connectivity index (χ1n) is 4.85. The number of carbonyl (C=O) groups excluding carboxylic acids is 2. The van der Waals surface area contributed by atoms with E-state index in [4.69, 9.17) is 5.73 Å². The topological polar surface area (TPSA) is 75.4 Å². The molecule has 0 aliphatic carbocycles. The number of amides is 2. The highest BCUT2D eigenvalue weighted by molar-refractivity contribution is 6.34. The van der Waals surface area contributed by atoms with Gasteiger partial charge in [0.2, 0.25) is 0 Å². The molecular weight excluding hydrogens is 182 g/mol. The quantitative estimate of drug-likeness (QED) is 0.568. The van der Waals surface area contributed by atoms with Crippen LogP contribution in [0.1, 0.15) is 12.8 Å². The van der Waals surface area contributed by atoms with Crippen LogP contribution in [0.2, 0.25) is 0 Å². The maximum atomic E-state index is 10.8. The lowest BCUT2D eigenvalue weighted by atomic mass is 10.1. The Morgan fingerprint density at radius 3 is 2.79 bits per heavy atom. The number of primary amides is 1. The average Bonchev–Trinajstić information content (AvgIpc) is 2.51. The maximum absolute atomic E-state index is 10.8. The van der Waals surface area contributed by atoms with E-state index in [0.717, 1.165) is 19.5 Å². The van der Waals surface area contributed by atoms with E-state index in [-0.39, 0.29) is 0 Å². The van der Waals surface area contributed by atoms with Crippen LogP contribution in [-0.4, -0.2) is 43.4 Å². The number of hydrogen-bond donors (Lipinski definition) is 2. The van der Waals surface area contributed by atoms with Gasteiger partial charge in [-0.1, -0.05) is 0 Å². The molecule has 2 amide bonds. The van der Waals surface area contributed by atoms with E-state index in [1.807, 2.05) is 0 Å². The molecule has 1 fully saturated rings. The second-order valence-electron chi connectivity index (χ2n) is 3.83. The van der Waals surface area contributed by atoms with E-state index in [2.05, 4.69) is 17.3 Å². The number of nitrogens with one attached hydrogen (secondary N) is 1. The predicted octanol–water partition coefficient (Wildman–Crippen LogP) is -1.07. The van der Waals surface area contributed by atoms with Crippen LogP contribution in [0.3, 0.4) is 0 Å². The molecule has 0 bridgehead atoms. The van der Waals surface area contributed by atoms with Gasteiger partial charge in [0.25, 0.3) is 0 Å². The van der Waals surface area contributed by atoms with Crippen molar-refractivity contribution in [3.05, 3.63) is 0 Å². The van der Waals surface area contributed by atoms with Gasteiger partial charge in [-0.15, -0.1) is 0 Å². The summed E-state index contributed by atoms with van der Waals surface area (Å²) in [4.78, 5) is 23.4. The van der Waals surface area contributed by atoms with Crippen molar-refractivity contribution in [2.45, 2.75) is 12.8 Å². The van der Waals surface area contributed by atoms with Gasteiger partial charge in [0.15, 0.2) is 0 Å². The molecule has 5 nitrogen and oxygen atoms in total. The molecule has 0 aromatic rings. The molecular formula is C9H17N3O2. The van der Waals surface area contributed by atoms with E-state index in [9.17, 15) is 9.59 Å². The summed E-state index contributed by atoms with van der Waals surface area (Å²) in [6.45, 7) is 2.74. The number of nitrogens with zero attached hydrogens (tertiary/aromatic N) is 1. The largest absolute Gasteiger partial charge is 0.361 e. The van der Waals surface area contributed by atoms with Crippen molar-refractivity contribution in [2.75, 3.05) is 26.7 Å². The molecule has 3 N–H and O–H groups in total. The molecule has 80 valence electrons. The zero-order valence-corrected chi connectivity index (χ0v) is 8.45. The van der Waals surface area contributed by atoms with Crippen LogP contribution in [0.15, 0.2) is 0 Å². The molecule has 1 heterocycles. The lowest BCUT2D eigenvalue weighted by molar-refractivity contribution is -0.137. The Kier molecular flexibility index (Phi) is 3.88. The predicted molar refractivity (Wildman–Crippen MR) is 52.4 cm³/mol. The van der Waals surface area contributed by atoms with E-state index in [0.29, 0.717) is 12.5 Å². The van der Waals surface area contributed by atoms with Crippen molar-refractivity contribution in [3.63, 3.8) is 0 Å². The van der Waals surface area contributed by atoms with Gasteiger partial charge in [-0.2, -0.15) is 0 Å². The smallest absolute Gasteiger partial charge is 0.309 e. The fourth-order valence-corrected chi connectivity index (χ4v) is 1.74. The van der Waals surface area contributed by atoms with Crippen LogP contribution in [0.25, 0.3) is 0 Å². The summed E-state index contributed by atoms with van der Waals surface area (Å²) < 4.78 is 0. The van der Waals surface area contributed by atoms with Crippen LogP contribution in [0.5, 0.6) is 0 Å². The first-order valence-corrected chi connectivity index (χ1v) is 4.85. The summed E-state index contributed by atoms with van der Waals surface area (Å²) in [7, 11) is 2.09. The lowest BCUT2D eigenvalue weighted by Gasteiger charge is -2.10. The van der Waals surface area contributed by atoms with Gasteiger partial charge in [0.05, 0.1) is 0 Å². The van der Waals surface area contributed by atoms with Crippen LogP contribution in [0.4, 0.5) is 0 Å². The van der Waals surface area contributed by atoms with E-state index in [1.54, 1.807) is 0 Å². The summed E-state index contributed by atoms with van der Waals surface area (Å²) in [6, 6.07) is 0. The number of rotatable bonds is 3. The lowest BCUT2D eigenvalue weighted by Crippen LogP contribution is -2.37. The number of hydrogen-bond acceptors (Lipinski definition) is 3. The fraction of sp³-hybridized carbons (Fsp3) is 0.778. The van der Waals surface area contributed by atoms with Crippen molar-refractivity contribution in [1.29, 1.82) is 0 Å². The molecule has 0 spiro atoms. The highest BCUT2D eigenvalue weighted by Gasteiger charge is 2.19. The third-order valence-electron chi connectivity index (χ3n) is 2.55. The monoisotopic (exact) mass is 199 g/mol. The van der Waals surface area contributed by atoms with Crippen molar-refractivity contribution >= 4 is 11.8 Å². The van der Waals surface area contributed by atoms with Crippen LogP contribution >= 0.6 is 0 Å². The zero-order chi connectivity index (χ0) is 10.6. The molecule has 1 saturated heterocycles. The second kappa shape index (κ2) is 4.95. The summed E-state index contributed by atoms with van der Waals surface area (Å²) in [5.41, 5.74) is 4.79. The molecule has 0 saturated carbocycles. The molecule has 5 heteroatoms. The van der Waals surface area contributed by atoms with Crippen LogP contribution in [-0.2, 0) is 9.59 Å².